The van der Waals surface area contributed by atoms with Crippen LogP contribution in [0, 0.1) is 5.41 Å². The minimum absolute atomic E-state index is 0.485. The van der Waals surface area contributed by atoms with E-state index in [1.165, 1.54) is 25.0 Å². The SMILES string of the molecule is CNCc1cncn1CC1(CCOC)CC1. The molecule has 16 heavy (non-hydrogen) atoms. The normalized spacial score (nSPS) is 17.6. The van der Waals surface area contributed by atoms with Gasteiger partial charge in [-0.25, -0.2) is 4.98 Å². The van der Waals surface area contributed by atoms with E-state index in [1.807, 2.05) is 19.6 Å². The first kappa shape index (κ1) is 11.6. The Morgan fingerprint density at radius 3 is 3.00 bits per heavy atom. The van der Waals surface area contributed by atoms with Crippen molar-refractivity contribution < 1.29 is 4.74 Å². The maximum absolute atomic E-state index is 5.18. The number of hydrogen-bond acceptors (Lipinski definition) is 3. The van der Waals surface area contributed by atoms with Crippen LogP contribution in [-0.4, -0.2) is 30.3 Å². The van der Waals surface area contributed by atoms with E-state index in [9.17, 15) is 0 Å². The monoisotopic (exact) mass is 223 g/mol. The molecular formula is C12H21N3O. The van der Waals surface area contributed by atoms with E-state index in [2.05, 4.69) is 14.9 Å². The van der Waals surface area contributed by atoms with Crippen molar-refractivity contribution in [2.24, 2.45) is 5.41 Å². The van der Waals surface area contributed by atoms with Crippen LogP contribution in [0.4, 0.5) is 0 Å². The molecule has 0 unspecified atom stereocenters. The van der Waals surface area contributed by atoms with E-state index in [-0.39, 0.29) is 0 Å². The molecule has 1 heterocycles. The first-order valence-electron chi connectivity index (χ1n) is 5.92. The predicted molar refractivity (Wildman–Crippen MR) is 63.2 cm³/mol. The van der Waals surface area contributed by atoms with Gasteiger partial charge in [0.25, 0.3) is 0 Å². The van der Waals surface area contributed by atoms with E-state index in [0.717, 1.165) is 19.7 Å². The standard InChI is InChI=1S/C12H21N3O/c1-13-7-11-8-14-10-15(11)9-12(3-4-12)5-6-16-2/h8,10,13H,3-7,9H2,1-2H3. The molecule has 4 heteroatoms. The Kier molecular flexibility index (Phi) is 3.61. The number of hydrogen-bond donors (Lipinski definition) is 1. The molecule has 90 valence electrons. The summed E-state index contributed by atoms with van der Waals surface area (Å²) in [5.41, 5.74) is 1.75. The number of rotatable bonds is 7. The number of aromatic nitrogens is 2. The Labute approximate surface area is 97.0 Å². The fraction of sp³-hybridized carbons (Fsp3) is 0.750. The molecule has 1 N–H and O–H groups in total. The zero-order valence-corrected chi connectivity index (χ0v) is 10.2. The number of nitrogens with one attached hydrogen (secondary N) is 1. The van der Waals surface area contributed by atoms with Crippen molar-refractivity contribution in [2.75, 3.05) is 20.8 Å². The molecule has 0 spiro atoms. The summed E-state index contributed by atoms with van der Waals surface area (Å²) in [5, 5.41) is 3.17. The van der Waals surface area contributed by atoms with Gasteiger partial charge in [0.2, 0.25) is 0 Å². The molecule has 0 atom stereocenters. The molecule has 2 rings (SSSR count). The second-order valence-corrected chi connectivity index (χ2v) is 4.79. The third kappa shape index (κ3) is 2.62. The largest absolute Gasteiger partial charge is 0.385 e. The van der Waals surface area contributed by atoms with E-state index in [1.54, 1.807) is 7.11 Å². The average Bonchev–Trinajstić information content (AvgIpc) is 2.92. The molecule has 0 saturated heterocycles. The van der Waals surface area contributed by atoms with Crippen molar-refractivity contribution in [3.8, 4) is 0 Å². The average molecular weight is 223 g/mol. The summed E-state index contributed by atoms with van der Waals surface area (Å²) >= 11 is 0. The summed E-state index contributed by atoms with van der Waals surface area (Å²) in [4.78, 5) is 4.22. The molecule has 1 aliphatic carbocycles. The van der Waals surface area contributed by atoms with E-state index >= 15 is 0 Å². The summed E-state index contributed by atoms with van der Waals surface area (Å²) in [6, 6.07) is 0. The fourth-order valence-electron chi connectivity index (χ4n) is 2.16. The molecule has 1 aliphatic rings. The molecule has 1 saturated carbocycles. The first-order valence-corrected chi connectivity index (χ1v) is 5.92. The molecule has 1 fully saturated rings. The van der Waals surface area contributed by atoms with Crippen LogP contribution in [0.2, 0.25) is 0 Å². The molecule has 1 aromatic rings. The maximum Gasteiger partial charge on any atom is 0.0948 e. The summed E-state index contributed by atoms with van der Waals surface area (Å²) in [5.74, 6) is 0. The summed E-state index contributed by atoms with van der Waals surface area (Å²) < 4.78 is 7.45. The van der Waals surface area contributed by atoms with Crippen LogP contribution in [0.25, 0.3) is 0 Å². The van der Waals surface area contributed by atoms with Crippen molar-refractivity contribution in [3.05, 3.63) is 18.2 Å². The minimum atomic E-state index is 0.485. The Balaban J connectivity index is 1.95. The van der Waals surface area contributed by atoms with Crippen LogP contribution in [0.1, 0.15) is 25.0 Å². The summed E-state index contributed by atoms with van der Waals surface area (Å²) in [7, 11) is 3.74. The second-order valence-electron chi connectivity index (χ2n) is 4.79. The Morgan fingerprint density at radius 1 is 1.56 bits per heavy atom. The lowest BCUT2D eigenvalue weighted by Gasteiger charge is -2.17. The summed E-state index contributed by atoms with van der Waals surface area (Å²) in [6.07, 6.45) is 7.71. The minimum Gasteiger partial charge on any atom is -0.385 e. The fourth-order valence-corrected chi connectivity index (χ4v) is 2.16. The van der Waals surface area contributed by atoms with Gasteiger partial charge in [-0.05, 0) is 31.7 Å². The van der Waals surface area contributed by atoms with Gasteiger partial charge in [0, 0.05) is 33.0 Å². The Morgan fingerprint density at radius 2 is 2.38 bits per heavy atom. The lowest BCUT2D eigenvalue weighted by molar-refractivity contribution is 0.166. The molecule has 0 radical (unpaired) electrons. The Bertz CT molecular complexity index is 331. The molecule has 1 aromatic heterocycles. The Hall–Kier alpha value is -0.870. The van der Waals surface area contributed by atoms with Crippen LogP contribution in [0.15, 0.2) is 12.5 Å². The lowest BCUT2D eigenvalue weighted by Crippen LogP contribution is -2.17. The molecule has 0 bridgehead atoms. The van der Waals surface area contributed by atoms with E-state index in [0.29, 0.717) is 5.41 Å². The molecule has 0 amide bonds. The predicted octanol–water partition coefficient (Wildman–Crippen LogP) is 1.42. The van der Waals surface area contributed by atoms with Crippen LogP contribution in [0.5, 0.6) is 0 Å². The van der Waals surface area contributed by atoms with Crippen molar-refractivity contribution in [3.63, 3.8) is 0 Å². The smallest absolute Gasteiger partial charge is 0.0948 e. The maximum atomic E-state index is 5.18. The highest BCUT2D eigenvalue weighted by molar-refractivity contribution is 5.02. The second kappa shape index (κ2) is 4.97. The lowest BCUT2D eigenvalue weighted by atomic mass is 10.0. The van der Waals surface area contributed by atoms with Gasteiger partial charge in [-0.15, -0.1) is 0 Å². The van der Waals surface area contributed by atoms with Gasteiger partial charge in [-0.3, -0.25) is 0 Å². The van der Waals surface area contributed by atoms with E-state index < -0.39 is 0 Å². The first-order chi connectivity index (χ1) is 7.79. The van der Waals surface area contributed by atoms with Gasteiger partial charge < -0.3 is 14.6 Å². The van der Waals surface area contributed by atoms with Gasteiger partial charge in [-0.1, -0.05) is 0 Å². The highest BCUT2D eigenvalue weighted by atomic mass is 16.5. The number of ether oxygens (including phenoxy) is 1. The third-order valence-electron chi connectivity index (χ3n) is 3.46. The van der Waals surface area contributed by atoms with Gasteiger partial charge in [-0.2, -0.15) is 0 Å². The topological polar surface area (TPSA) is 39.1 Å². The van der Waals surface area contributed by atoms with Crippen LogP contribution < -0.4 is 5.32 Å². The van der Waals surface area contributed by atoms with Crippen molar-refractivity contribution in [1.29, 1.82) is 0 Å². The molecule has 0 aromatic carbocycles. The molecule has 4 nitrogen and oxygen atoms in total. The zero-order chi connectivity index (χ0) is 11.4. The van der Waals surface area contributed by atoms with Gasteiger partial charge in [0.1, 0.15) is 0 Å². The van der Waals surface area contributed by atoms with Crippen molar-refractivity contribution in [2.45, 2.75) is 32.4 Å². The number of methoxy groups -OCH3 is 1. The molecular weight excluding hydrogens is 202 g/mol. The van der Waals surface area contributed by atoms with E-state index in [4.69, 9.17) is 4.74 Å². The van der Waals surface area contributed by atoms with Crippen molar-refractivity contribution >= 4 is 0 Å². The zero-order valence-electron chi connectivity index (χ0n) is 10.2. The number of nitrogens with zero attached hydrogens (tertiary/aromatic N) is 2. The van der Waals surface area contributed by atoms with Crippen LogP contribution in [0.3, 0.4) is 0 Å². The van der Waals surface area contributed by atoms with Crippen molar-refractivity contribution in [1.82, 2.24) is 14.9 Å². The van der Waals surface area contributed by atoms with Gasteiger partial charge in [0.15, 0.2) is 0 Å². The van der Waals surface area contributed by atoms with Gasteiger partial charge >= 0.3 is 0 Å². The highest BCUT2D eigenvalue weighted by Crippen LogP contribution is 2.50. The van der Waals surface area contributed by atoms with Crippen LogP contribution in [-0.2, 0) is 17.8 Å². The highest BCUT2D eigenvalue weighted by Gasteiger charge is 2.42. The van der Waals surface area contributed by atoms with Crippen LogP contribution >= 0.6 is 0 Å². The third-order valence-corrected chi connectivity index (χ3v) is 3.46. The van der Waals surface area contributed by atoms with Gasteiger partial charge in [0.05, 0.1) is 12.0 Å². The summed E-state index contributed by atoms with van der Waals surface area (Å²) in [6.45, 7) is 2.85. The number of imidazole rings is 1. The molecule has 0 aliphatic heterocycles. The quantitative estimate of drug-likeness (QED) is 0.760.